The molecular formula is C14H16FNO2. The Morgan fingerprint density at radius 1 is 1.17 bits per heavy atom. The molecule has 3 nitrogen and oxygen atoms in total. The van der Waals surface area contributed by atoms with Gasteiger partial charge in [0, 0.05) is 5.56 Å². The predicted molar refractivity (Wildman–Crippen MR) is 64.2 cm³/mol. The lowest BCUT2D eigenvalue weighted by Crippen LogP contribution is -2.41. The van der Waals surface area contributed by atoms with Crippen LogP contribution >= 0.6 is 0 Å². The summed E-state index contributed by atoms with van der Waals surface area (Å²) >= 11 is 0. The molecule has 4 heteroatoms. The summed E-state index contributed by atoms with van der Waals surface area (Å²) < 4.78 is 24.9. The number of benzene rings is 1. The first kappa shape index (κ1) is 13.0. The number of rotatable bonds is 1. The van der Waals surface area contributed by atoms with E-state index in [-0.39, 0.29) is 5.56 Å². The molecule has 0 aliphatic carbocycles. The summed E-state index contributed by atoms with van der Waals surface area (Å²) in [4.78, 5) is 0. The fraction of sp³-hybridized carbons (Fsp3) is 0.500. The second-order valence-electron chi connectivity index (χ2n) is 5.44. The van der Waals surface area contributed by atoms with E-state index in [1.807, 2.05) is 33.8 Å². The molecule has 0 bridgehead atoms. The zero-order chi connectivity index (χ0) is 13.6. The van der Waals surface area contributed by atoms with Crippen LogP contribution in [0.25, 0.3) is 0 Å². The first-order chi connectivity index (χ1) is 8.27. The van der Waals surface area contributed by atoms with Gasteiger partial charge in [-0.2, -0.15) is 5.26 Å². The fourth-order valence-electron chi connectivity index (χ4n) is 1.75. The van der Waals surface area contributed by atoms with E-state index in [4.69, 9.17) is 14.7 Å². The van der Waals surface area contributed by atoms with E-state index < -0.39 is 23.3 Å². The van der Waals surface area contributed by atoms with Crippen molar-refractivity contribution in [2.75, 3.05) is 0 Å². The summed E-state index contributed by atoms with van der Waals surface area (Å²) in [5.41, 5.74) is -0.230. The second-order valence-corrected chi connectivity index (χ2v) is 5.44. The summed E-state index contributed by atoms with van der Waals surface area (Å²) in [6, 6.07) is 6.13. The van der Waals surface area contributed by atoms with Crippen molar-refractivity contribution in [1.29, 1.82) is 5.26 Å². The molecule has 1 aromatic rings. The summed E-state index contributed by atoms with van der Waals surface area (Å²) in [6.45, 7) is 7.78. The number of hydrogen-bond acceptors (Lipinski definition) is 3. The highest BCUT2D eigenvalue weighted by molar-refractivity contribution is 5.35. The molecule has 96 valence electrons. The van der Waals surface area contributed by atoms with Gasteiger partial charge in [0.1, 0.15) is 11.9 Å². The van der Waals surface area contributed by atoms with Crippen LogP contribution in [0.1, 0.15) is 45.1 Å². The van der Waals surface area contributed by atoms with Crippen LogP contribution in [0.15, 0.2) is 18.2 Å². The maximum absolute atomic E-state index is 13.3. The van der Waals surface area contributed by atoms with Gasteiger partial charge in [-0.25, -0.2) is 4.39 Å². The molecule has 2 rings (SSSR count). The number of ether oxygens (including phenoxy) is 2. The van der Waals surface area contributed by atoms with E-state index in [9.17, 15) is 4.39 Å². The molecule has 1 saturated heterocycles. The Morgan fingerprint density at radius 2 is 1.72 bits per heavy atom. The average molecular weight is 249 g/mol. The van der Waals surface area contributed by atoms with Gasteiger partial charge in [0.15, 0.2) is 6.29 Å². The molecule has 0 aromatic heterocycles. The van der Waals surface area contributed by atoms with Crippen LogP contribution in [0.2, 0.25) is 0 Å². The molecule has 0 N–H and O–H groups in total. The Balaban J connectivity index is 2.33. The third-order valence-electron chi connectivity index (χ3n) is 3.64. The standard InChI is InChI=1S/C14H16FNO2/c1-13(2)14(3,4)18-12(17-13)9-5-6-11(15)10(7-9)8-16/h5-7,12H,1-4H3. The van der Waals surface area contributed by atoms with Crippen LogP contribution < -0.4 is 0 Å². The molecule has 18 heavy (non-hydrogen) atoms. The summed E-state index contributed by atoms with van der Waals surface area (Å²) in [7, 11) is 0. The van der Waals surface area contributed by atoms with Crippen LogP contribution in [0.5, 0.6) is 0 Å². The monoisotopic (exact) mass is 249 g/mol. The normalized spacial score (nSPS) is 21.8. The smallest absolute Gasteiger partial charge is 0.185 e. The van der Waals surface area contributed by atoms with E-state index in [0.717, 1.165) is 0 Å². The highest BCUT2D eigenvalue weighted by atomic mass is 19.1. The molecule has 0 radical (unpaired) electrons. The molecule has 1 aliphatic heterocycles. The number of halogens is 1. The maximum Gasteiger partial charge on any atom is 0.185 e. The van der Waals surface area contributed by atoms with Gasteiger partial charge >= 0.3 is 0 Å². The Labute approximate surface area is 106 Å². The van der Waals surface area contributed by atoms with Crippen molar-refractivity contribution in [2.45, 2.75) is 45.2 Å². The van der Waals surface area contributed by atoms with Crippen molar-refractivity contribution in [3.63, 3.8) is 0 Å². The van der Waals surface area contributed by atoms with Crippen molar-refractivity contribution in [3.8, 4) is 6.07 Å². The summed E-state index contributed by atoms with van der Waals surface area (Å²) in [5, 5.41) is 8.82. The Hall–Kier alpha value is -1.44. The summed E-state index contributed by atoms with van der Waals surface area (Å²) in [5.74, 6) is -0.530. The van der Waals surface area contributed by atoms with Crippen molar-refractivity contribution in [3.05, 3.63) is 35.1 Å². The minimum Gasteiger partial charge on any atom is -0.339 e. The lowest BCUT2D eigenvalue weighted by atomic mass is 9.90. The van der Waals surface area contributed by atoms with Crippen LogP contribution in [0.3, 0.4) is 0 Å². The minimum atomic E-state index is -0.567. The lowest BCUT2D eigenvalue weighted by Gasteiger charge is -2.30. The molecule has 1 heterocycles. The Bertz CT molecular complexity index is 501. The van der Waals surface area contributed by atoms with Crippen molar-refractivity contribution in [1.82, 2.24) is 0 Å². The van der Waals surface area contributed by atoms with Gasteiger partial charge in [0.05, 0.1) is 16.8 Å². The molecule has 0 amide bonds. The van der Waals surface area contributed by atoms with Crippen molar-refractivity contribution >= 4 is 0 Å². The quantitative estimate of drug-likeness (QED) is 0.766. The average Bonchev–Trinajstić information content (AvgIpc) is 2.49. The predicted octanol–water partition coefficient (Wildman–Crippen LogP) is 3.30. The van der Waals surface area contributed by atoms with E-state index in [0.29, 0.717) is 5.56 Å². The van der Waals surface area contributed by atoms with Crippen molar-refractivity contribution in [2.24, 2.45) is 0 Å². The van der Waals surface area contributed by atoms with Gasteiger partial charge in [-0.1, -0.05) is 6.07 Å². The largest absolute Gasteiger partial charge is 0.339 e. The molecular weight excluding hydrogens is 233 g/mol. The van der Waals surface area contributed by atoms with Gasteiger partial charge in [0.25, 0.3) is 0 Å². The molecule has 0 atom stereocenters. The van der Waals surface area contributed by atoms with Crippen molar-refractivity contribution < 1.29 is 13.9 Å². The van der Waals surface area contributed by atoms with E-state index in [1.54, 1.807) is 6.07 Å². The fourth-order valence-corrected chi connectivity index (χ4v) is 1.75. The minimum absolute atomic E-state index is 0.00205. The third-order valence-corrected chi connectivity index (χ3v) is 3.64. The van der Waals surface area contributed by atoms with Crippen LogP contribution in [0, 0.1) is 17.1 Å². The Kier molecular flexibility index (Phi) is 2.92. The van der Waals surface area contributed by atoms with Crippen LogP contribution in [0.4, 0.5) is 4.39 Å². The molecule has 1 fully saturated rings. The number of nitriles is 1. The van der Waals surface area contributed by atoms with Gasteiger partial charge < -0.3 is 9.47 Å². The highest BCUT2D eigenvalue weighted by Crippen LogP contribution is 2.44. The summed E-state index contributed by atoms with van der Waals surface area (Å²) in [6.07, 6.45) is -0.567. The molecule has 1 aliphatic rings. The SMILES string of the molecule is CC1(C)OC(c2ccc(F)c(C#N)c2)OC1(C)C. The topological polar surface area (TPSA) is 42.2 Å². The van der Waals surface area contributed by atoms with Crippen LogP contribution in [-0.4, -0.2) is 11.2 Å². The molecule has 0 spiro atoms. The maximum atomic E-state index is 13.3. The molecule has 0 saturated carbocycles. The van der Waals surface area contributed by atoms with E-state index in [2.05, 4.69) is 0 Å². The Morgan fingerprint density at radius 3 is 2.22 bits per heavy atom. The zero-order valence-corrected chi connectivity index (χ0v) is 11.0. The molecule has 1 aromatic carbocycles. The van der Waals surface area contributed by atoms with E-state index in [1.165, 1.54) is 12.1 Å². The zero-order valence-electron chi connectivity index (χ0n) is 11.0. The molecule has 0 unspecified atom stereocenters. The number of nitrogens with zero attached hydrogens (tertiary/aromatic N) is 1. The lowest BCUT2D eigenvalue weighted by molar-refractivity contribution is -0.0896. The first-order valence-electron chi connectivity index (χ1n) is 5.82. The first-order valence-corrected chi connectivity index (χ1v) is 5.82. The number of hydrogen-bond donors (Lipinski definition) is 0. The van der Waals surface area contributed by atoms with Gasteiger partial charge in [0.2, 0.25) is 0 Å². The van der Waals surface area contributed by atoms with Crippen LogP contribution in [-0.2, 0) is 9.47 Å². The second kappa shape index (κ2) is 4.04. The van der Waals surface area contributed by atoms with E-state index >= 15 is 0 Å². The van der Waals surface area contributed by atoms with Gasteiger partial charge in [-0.3, -0.25) is 0 Å². The van der Waals surface area contributed by atoms with Gasteiger partial charge in [-0.05, 0) is 39.8 Å². The van der Waals surface area contributed by atoms with Gasteiger partial charge in [-0.15, -0.1) is 0 Å². The highest BCUT2D eigenvalue weighted by Gasteiger charge is 2.49. The third kappa shape index (κ3) is 2.00.